The third-order valence-electron chi connectivity index (χ3n) is 14.4. The smallest absolute Gasteiger partial charge is 0.394 e. The van der Waals surface area contributed by atoms with Gasteiger partial charge in [-0.25, -0.2) is 4.18 Å². The van der Waals surface area contributed by atoms with Crippen molar-refractivity contribution in [3.8, 4) is 0 Å². The quantitative estimate of drug-likeness (QED) is 0.0193. The zero-order chi connectivity index (χ0) is 53.3. The Morgan fingerprint density at radius 3 is 1.30 bits per heavy atom. The minimum absolute atomic E-state index is 0.260. The lowest BCUT2D eigenvalue weighted by Crippen LogP contribution is -2.61. The Balaban J connectivity index is 2.37. The maximum atomic E-state index is 13.1. The molecular weight excluding hydrogens is 943 g/mol. The number of allylic oxidation sites excluding steroid dienone is 5. The molecule has 73 heavy (non-hydrogen) atoms. The van der Waals surface area contributed by atoms with Crippen molar-refractivity contribution < 1.29 is 51.8 Å². The molecule has 13 heteroatoms. The summed E-state index contributed by atoms with van der Waals surface area (Å²) in [7, 11) is -5.09. The Kier molecular flexibility index (Phi) is 47.4. The highest BCUT2D eigenvalue weighted by Crippen LogP contribution is 2.26. The molecular formula is C60H113NO11S. The zero-order valence-electron chi connectivity index (χ0n) is 46.7. The highest BCUT2D eigenvalue weighted by atomic mass is 32.3. The van der Waals surface area contributed by atoms with Crippen LogP contribution >= 0.6 is 0 Å². The van der Waals surface area contributed by atoms with Crippen LogP contribution in [0.15, 0.2) is 36.5 Å². The highest BCUT2D eigenvalue weighted by Gasteiger charge is 2.48. The van der Waals surface area contributed by atoms with Gasteiger partial charge in [-0.05, 0) is 51.4 Å². The van der Waals surface area contributed by atoms with Gasteiger partial charge in [0.2, 0.25) is 5.91 Å². The highest BCUT2D eigenvalue weighted by molar-refractivity contribution is 7.80. The number of hydrogen-bond donors (Lipinski definition) is 6. The van der Waals surface area contributed by atoms with Gasteiger partial charge in [-0.15, -0.1) is 0 Å². The fourth-order valence-corrected chi connectivity index (χ4v) is 10.2. The van der Waals surface area contributed by atoms with Crippen LogP contribution in [0.1, 0.15) is 284 Å². The molecule has 430 valence electrons. The Morgan fingerprint density at radius 2 is 0.918 bits per heavy atom. The molecule has 7 unspecified atom stereocenters. The molecule has 1 amide bonds. The van der Waals surface area contributed by atoms with Crippen LogP contribution < -0.4 is 5.32 Å². The van der Waals surface area contributed by atoms with Crippen molar-refractivity contribution in [2.24, 2.45) is 0 Å². The van der Waals surface area contributed by atoms with Crippen LogP contribution in [-0.4, -0.2) is 95.4 Å². The molecule has 1 fully saturated rings. The summed E-state index contributed by atoms with van der Waals surface area (Å²) >= 11 is 0. The molecule has 0 aromatic heterocycles. The molecule has 6 N–H and O–H groups in total. The lowest BCUT2D eigenvalue weighted by atomic mass is 9.99. The lowest BCUT2D eigenvalue weighted by Gasteiger charge is -2.41. The first kappa shape index (κ1) is 69.3. The van der Waals surface area contributed by atoms with E-state index in [0.717, 1.165) is 57.8 Å². The molecule has 0 bridgehead atoms. The van der Waals surface area contributed by atoms with E-state index in [-0.39, 0.29) is 18.9 Å². The first-order valence-corrected chi connectivity index (χ1v) is 31.7. The summed E-state index contributed by atoms with van der Waals surface area (Å²) in [6.45, 7) is 3.43. The third-order valence-corrected chi connectivity index (χ3v) is 14.9. The first-order valence-electron chi connectivity index (χ1n) is 30.4. The van der Waals surface area contributed by atoms with Crippen molar-refractivity contribution in [2.75, 3.05) is 13.2 Å². The van der Waals surface area contributed by atoms with E-state index in [2.05, 4.69) is 47.7 Å². The molecule has 0 aliphatic carbocycles. The summed E-state index contributed by atoms with van der Waals surface area (Å²) in [5, 5.41) is 45.0. The van der Waals surface area contributed by atoms with Gasteiger partial charge in [-0.2, -0.15) is 8.42 Å². The summed E-state index contributed by atoms with van der Waals surface area (Å²) < 4.78 is 47.9. The van der Waals surface area contributed by atoms with Crippen molar-refractivity contribution in [1.82, 2.24) is 5.32 Å². The van der Waals surface area contributed by atoms with Crippen LogP contribution in [0.25, 0.3) is 0 Å². The van der Waals surface area contributed by atoms with Crippen LogP contribution in [0.4, 0.5) is 0 Å². The van der Waals surface area contributed by atoms with E-state index in [4.69, 9.17) is 9.47 Å². The first-order chi connectivity index (χ1) is 35.5. The number of amides is 1. The van der Waals surface area contributed by atoms with Crippen molar-refractivity contribution in [1.29, 1.82) is 0 Å². The standard InChI is InChI=1S/C60H113NO11S/c1-3-5-7-9-11-13-15-17-19-21-23-25-27-29-31-33-35-37-39-41-43-45-47-49-54(63)53(52-70-60-58(66)59(72-73(67,68)69)57(65)55(51-62)71-60)61-56(64)50-48-46-44-42-40-38-36-34-32-30-28-26-24-22-20-18-16-14-12-10-8-6-4-2/h24,26,30,32,47,49,53-55,57-60,62-63,65-66H,3-23,25,27-29,31,33-46,48,50-52H2,1-2H3,(H,61,64)(H,67,68,69)/b26-24-,32-30-,49-47+. The number of aliphatic hydroxyl groups excluding tert-OH is 4. The van der Waals surface area contributed by atoms with Crippen molar-refractivity contribution in [3.63, 3.8) is 0 Å². The molecule has 0 saturated carbocycles. The molecule has 1 heterocycles. The summed E-state index contributed by atoms with van der Waals surface area (Å²) in [5.41, 5.74) is 0. The fraction of sp³-hybridized carbons (Fsp3) is 0.883. The molecule has 0 aromatic carbocycles. The Labute approximate surface area is 447 Å². The normalized spacial score (nSPS) is 19.5. The average Bonchev–Trinajstić information content (AvgIpc) is 3.37. The number of nitrogens with one attached hydrogen (secondary N) is 1. The van der Waals surface area contributed by atoms with Crippen molar-refractivity contribution in [3.05, 3.63) is 36.5 Å². The van der Waals surface area contributed by atoms with Gasteiger partial charge in [0.1, 0.15) is 24.4 Å². The molecule has 12 nitrogen and oxygen atoms in total. The van der Waals surface area contributed by atoms with Gasteiger partial charge >= 0.3 is 10.4 Å². The van der Waals surface area contributed by atoms with Crippen LogP contribution in [0.3, 0.4) is 0 Å². The molecule has 0 aromatic rings. The molecule has 0 radical (unpaired) electrons. The van der Waals surface area contributed by atoms with Crippen LogP contribution in [-0.2, 0) is 28.9 Å². The molecule has 1 aliphatic rings. The third kappa shape index (κ3) is 42.1. The van der Waals surface area contributed by atoms with Crippen molar-refractivity contribution >= 4 is 16.3 Å². The van der Waals surface area contributed by atoms with E-state index in [1.807, 2.05) is 6.08 Å². The van der Waals surface area contributed by atoms with Gasteiger partial charge in [-0.1, -0.05) is 262 Å². The summed E-state index contributed by atoms with van der Waals surface area (Å²) in [4.78, 5) is 13.1. The number of hydrogen-bond acceptors (Lipinski definition) is 10. The topological polar surface area (TPSA) is 192 Å². The number of aliphatic hydroxyl groups is 4. The van der Waals surface area contributed by atoms with Gasteiger partial charge in [0, 0.05) is 6.42 Å². The minimum Gasteiger partial charge on any atom is -0.394 e. The Morgan fingerprint density at radius 1 is 0.548 bits per heavy atom. The second-order valence-electron chi connectivity index (χ2n) is 21.3. The van der Waals surface area contributed by atoms with Crippen LogP contribution in [0.2, 0.25) is 0 Å². The SMILES string of the molecule is CCCCCCCCCCC/C=C\C/C=C\CCCCCCCCCC(=O)NC(COC1OC(CO)C(O)C(OS(=O)(=O)O)C1O)C(O)/C=C/CCCCCCCCCCCCCCCCCCCCCCC. The molecule has 1 aliphatic heterocycles. The van der Waals surface area contributed by atoms with E-state index in [9.17, 15) is 38.2 Å². The van der Waals surface area contributed by atoms with Crippen molar-refractivity contribution in [2.45, 2.75) is 326 Å². The summed E-state index contributed by atoms with van der Waals surface area (Å²) in [6, 6.07) is -0.950. The monoisotopic (exact) mass is 1060 g/mol. The second-order valence-corrected chi connectivity index (χ2v) is 22.3. The van der Waals surface area contributed by atoms with Gasteiger partial charge in [-0.3, -0.25) is 9.35 Å². The molecule has 7 atom stereocenters. The summed E-state index contributed by atoms with van der Waals surface area (Å²) in [6.07, 6.45) is 54.7. The van der Waals surface area contributed by atoms with E-state index >= 15 is 0 Å². The minimum atomic E-state index is -5.09. The average molecular weight is 1060 g/mol. The number of carbonyl (C=O) groups excluding carboxylic acids is 1. The van der Waals surface area contributed by atoms with Gasteiger partial charge in [0.25, 0.3) is 0 Å². The van der Waals surface area contributed by atoms with E-state index in [1.54, 1.807) is 6.08 Å². The Hall–Kier alpha value is -1.68. The second kappa shape index (κ2) is 49.9. The van der Waals surface area contributed by atoms with Gasteiger partial charge in [0.15, 0.2) is 6.29 Å². The number of rotatable bonds is 53. The van der Waals surface area contributed by atoms with E-state index in [1.165, 1.54) is 199 Å². The van der Waals surface area contributed by atoms with Gasteiger partial charge in [0.05, 0.1) is 25.4 Å². The van der Waals surface area contributed by atoms with Gasteiger partial charge < -0.3 is 35.2 Å². The number of unbranched alkanes of at least 4 members (excludes halogenated alkanes) is 37. The predicted molar refractivity (Wildman–Crippen MR) is 301 cm³/mol. The molecule has 1 rings (SSSR count). The molecule has 1 saturated heterocycles. The van der Waals surface area contributed by atoms with Crippen LogP contribution in [0.5, 0.6) is 0 Å². The number of ether oxygens (including phenoxy) is 2. The zero-order valence-corrected chi connectivity index (χ0v) is 47.5. The lowest BCUT2D eigenvalue weighted by molar-refractivity contribution is -0.298. The maximum Gasteiger partial charge on any atom is 0.397 e. The summed E-state index contributed by atoms with van der Waals surface area (Å²) in [5.74, 6) is -0.267. The number of carbonyl (C=O) groups is 1. The largest absolute Gasteiger partial charge is 0.397 e. The van der Waals surface area contributed by atoms with Crippen LogP contribution in [0, 0.1) is 0 Å². The molecule has 0 spiro atoms. The fourth-order valence-electron chi connectivity index (χ4n) is 9.72. The van der Waals surface area contributed by atoms with E-state index < -0.39 is 59.9 Å². The predicted octanol–water partition coefficient (Wildman–Crippen LogP) is 14.6. The maximum absolute atomic E-state index is 13.1. The van der Waals surface area contributed by atoms with E-state index in [0.29, 0.717) is 6.42 Å². The Bertz CT molecular complexity index is 1430.